The summed E-state index contributed by atoms with van der Waals surface area (Å²) < 4.78 is 25.3. The number of nitrogens with one attached hydrogen (secondary N) is 1. The van der Waals surface area contributed by atoms with Gasteiger partial charge in [-0.3, -0.25) is 29.4 Å². The van der Waals surface area contributed by atoms with E-state index in [2.05, 4.69) is 5.32 Å². The Kier molecular flexibility index (Phi) is 7.58. The van der Waals surface area contributed by atoms with Crippen LogP contribution in [-0.4, -0.2) is 83.2 Å². The molecule has 1 N–H and O–H groups in total. The SMILES string of the molecule is O=C(NC[C@H]1CCCO1)[C@H]1COC2(CCN(C(=O)c3cccc([N+](=O)[O-])c3)CC2)N1C(=O)c1ccc(F)cc1. The van der Waals surface area contributed by atoms with E-state index in [-0.39, 0.29) is 67.3 Å². The average molecular weight is 541 g/mol. The van der Waals surface area contributed by atoms with Crippen molar-refractivity contribution in [2.45, 2.75) is 43.6 Å². The maximum atomic E-state index is 13.7. The highest BCUT2D eigenvalue weighted by atomic mass is 19.1. The number of nitro groups is 1. The molecule has 3 fully saturated rings. The van der Waals surface area contributed by atoms with E-state index in [4.69, 9.17) is 9.47 Å². The van der Waals surface area contributed by atoms with E-state index in [1.807, 2.05) is 0 Å². The van der Waals surface area contributed by atoms with Gasteiger partial charge in [0.1, 0.15) is 17.6 Å². The Labute approximate surface area is 224 Å². The van der Waals surface area contributed by atoms with Gasteiger partial charge in [0.15, 0.2) is 0 Å². The summed E-state index contributed by atoms with van der Waals surface area (Å²) in [4.78, 5) is 53.6. The molecule has 3 aliphatic rings. The molecule has 0 bridgehead atoms. The maximum Gasteiger partial charge on any atom is 0.270 e. The Morgan fingerprint density at radius 3 is 2.49 bits per heavy atom. The number of carbonyl (C=O) groups excluding carboxylic acids is 3. The molecular formula is C27H29FN4O7. The summed E-state index contributed by atoms with van der Waals surface area (Å²) in [6.45, 7) is 1.37. The normalized spacial score (nSPS) is 22.2. The lowest BCUT2D eigenvalue weighted by Gasteiger charge is -2.44. The lowest BCUT2D eigenvalue weighted by molar-refractivity contribution is -0.384. The molecule has 0 aromatic heterocycles. The number of hydrogen-bond acceptors (Lipinski definition) is 7. The summed E-state index contributed by atoms with van der Waals surface area (Å²) in [6.07, 6.45) is 2.16. The fourth-order valence-electron chi connectivity index (χ4n) is 5.43. The van der Waals surface area contributed by atoms with Crippen LogP contribution in [0.2, 0.25) is 0 Å². The predicted octanol–water partition coefficient (Wildman–Crippen LogP) is 2.50. The highest BCUT2D eigenvalue weighted by Crippen LogP contribution is 2.39. The molecule has 2 aromatic rings. The first-order valence-electron chi connectivity index (χ1n) is 12.9. The van der Waals surface area contributed by atoms with E-state index in [1.54, 1.807) is 4.90 Å². The zero-order valence-corrected chi connectivity index (χ0v) is 21.2. The lowest BCUT2D eigenvalue weighted by Crippen LogP contribution is -2.60. The number of carbonyl (C=O) groups is 3. The van der Waals surface area contributed by atoms with Gasteiger partial charge in [-0.15, -0.1) is 0 Å². The maximum absolute atomic E-state index is 13.7. The number of nitro benzene ring substituents is 1. The minimum absolute atomic E-state index is 0.0247. The van der Waals surface area contributed by atoms with E-state index in [0.717, 1.165) is 12.8 Å². The number of amides is 3. The van der Waals surface area contributed by atoms with Crippen LogP contribution in [0, 0.1) is 15.9 Å². The number of nitrogens with zero attached hydrogens (tertiary/aromatic N) is 3. The molecule has 2 aromatic carbocycles. The molecule has 0 saturated carbocycles. The first-order valence-corrected chi connectivity index (χ1v) is 12.9. The standard InChI is InChI=1S/C27H29FN4O7/c28-20-8-6-18(7-9-20)26(35)31-23(24(33)29-16-22-5-2-14-38-22)17-39-27(31)10-12-30(13-11-27)25(34)19-3-1-4-21(15-19)32(36)37/h1,3-4,6-9,15,22-23H,2,5,10-14,16-17H2,(H,29,33)/t22-,23-/m1/s1. The van der Waals surface area contributed by atoms with Crippen LogP contribution in [-0.2, 0) is 14.3 Å². The summed E-state index contributed by atoms with van der Waals surface area (Å²) in [7, 11) is 0. The molecule has 11 nitrogen and oxygen atoms in total. The number of likely N-dealkylation sites (tertiary alicyclic amines) is 1. The summed E-state index contributed by atoms with van der Waals surface area (Å²) in [5.74, 6) is -1.69. The second-order valence-corrected chi connectivity index (χ2v) is 9.93. The van der Waals surface area contributed by atoms with Crippen molar-refractivity contribution in [2.75, 3.05) is 32.8 Å². The van der Waals surface area contributed by atoms with E-state index in [0.29, 0.717) is 13.2 Å². The molecule has 0 radical (unpaired) electrons. The van der Waals surface area contributed by atoms with Gasteiger partial charge < -0.3 is 19.7 Å². The Bertz CT molecular complexity index is 1260. The van der Waals surface area contributed by atoms with Crippen LogP contribution in [0.1, 0.15) is 46.4 Å². The number of piperidine rings is 1. The van der Waals surface area contributed by atoms with Crippen molar-refractivity contribution >= 4 is 23.4 Å². The van der Waals surface area contributed by atoms with E-state index >= 15 is 0 Å². The number of non-ortho nitro benzene ring substituents is 1. The third kappa shape index (κ3) is 5.48. The summed E-state index contributed by atoms with van der Waals surface area (Å²) in [6, 6.07) is 9.72. The third-order valence-electron chi connectivity index (χ3n) is 7.54. The Balaban J connectivity index is 1.34. The molecule has 3 saturated heterocycles. The van der Waals surface area contributed by atoms with Gasteiger partial charge in [-0.05, 0) is 43.2 Å². The highest BCUT2D eigenvalue weighted by molar-refractivity contribution is 5.98. The third-order valence-corrected chi connectivity index (χ3v) is 7.54. The van der Waals surface area contributed by atoms with Gasteiger partial charge in [-0.1, -0.05) is 6.07 Å². The number of rotatable bonds is 6. The van der Waals surface area contributed by atoms with Crippen LogP contribution >= 0.6 is 0 Å². The number of ether oxygens (including phenoxy) is 2. The van der Waals surface area contributed by atoms with Crippen LogP contribution in [0.25, 0.3) is 0 Å². The molecule has 0 unspecified atom stereocenters. The van der Waals surface area contributed by atoms with Gasteiger partial charge in [0.25, 0.3) is 17.5 Å². The van der Waals surface area contributed by atoms with Crippen molar-refractivity contribution in [1.29, 1.82) is 0 Å². The minimum Gasteiger partial charge on any atom is -0.376 e. The van der Waals surface area contributed by atoms with Crippen molar-refractivity contribution in [3.8, 4) is 0 Å². The van der Waals surface area contributed by atoms with E-state index < -0.39 is 28.4 Å². The van der Waals surface area contributed by atoms with Gasteiger partial charge in [0.05, 0.1) is 17.6 Å². The van der Waals surface area contributed by atoms with Gasteiger partial charge in [0, 0.05) is 62.3 Å². The second-order valence-electron chi connectivity index (χ2n) is 9.93. The molecule has 3 amide bonds. The number of benzene rings is 2. The average Bonchev–Trinajstić information content (AvgIpc) is 3.60. The zero-order chi connectivity index (χ0) is 27.6. The topological polar surface area (TPSA) is 131 Å². The van der Waals surface area contributed by atoms with Crippen LogP contribution in [0.5, 0.6) is 0 Å². The molecular weight excluding hydrogens is 511 g/mol. The largest absolute Gasteiger partial charge is 0.376 e. The van der Waals surface area contributed by atoms with Crippen molar-refractivity contribution < 1.29 is 33.2 Å². The van der Waals surface area contributed by atoms with E-state index in [1.165, 1.54) is 53.4 Å². The van der Waals surface area contributed by atoms with Crippen LogP contribution in [0.15, 0.2) is 48.5 Å². The smallest absolute Gasteiger partial charge is 0.270 e. The predicted molar refractivity (Wildman–Crippen MR) is 135 cm³/mol. The molecule has 12 heteroatoms. The molecule has 5 rings (SSSR count). The summed E-state index contributed by atoms with van der Waals surface area (Å²) in [5.41, 5.74) is -0.913. The Hall–Kier alpha value is -3.90. The summed E-state index contributed by atoms with van der Waals surface area (Å²) >= 11 is 0. The fourth-order valence-corrected chi connectivity index (χ4v) is 5.43. The Morgan fingerprint density at radius 2 is 1.82 bits per heavy atom. The zero-order valence-electron chi connectivity index (χ0n) is 21.2. The lowest BCUT2D eigenvalue weighted by atomic mass is 9.96. The van der Waals surface area contributed by atoms with Crippen molar-refractivity contribution in [1.82, 2.24) is 15.1 Å². The fraction of sp³-hybridized carbons (Fsp3) is 0.444. The van der Waals surface area contributed by atoms with Crippen LogP contribution in [0.3, 0.4) is 0 Å². The molecule has 1 spiro atoms. The van der Waals surface area contributed by atoms with Crippen molar-refractivity contribution in [3.05, 3.63) is 75.6 Å². The Morgan fingerprint density at radius 1 is 1.08 bits per heavy atom. The first kappa shape index (κ1) is 26.7. The molecule has 3 heterocycles. The number of hydrogen-bond donors (Lipinski definition) is 1. The van der Waals surface area contributed by atoms with E-state index in [9.17, 15) is 28.9 Å². The molecule has 206 valence electrons. The highest BCUT2D eigenvalue weighted by Gasteiger charge is 2.54. The second kappa shape index (κ2) is 11.1. The molecule has 0 aliphatic carbocycles. The number of halogens is 1. The van der Waals surface area contributed by atoms with Crippen LogP contribution in [0.4, 0.5) is 10.1 Å². The molecule has 3 aliphatic heterocycles. The summed E-state index contributed by atoms with van der Waals surface area (Å²) in [5, 5.41) is 14.0. The van der Waals surface area contributed by atoms with Gasteiger partial charge in [-0.25, -0.2) is 4.39 Å². The van der Waals surface area contributed by atoms with Gasteiger partial charge in [0.2, 0.25) is 5.91 Å². The molecule has 2 atom stereocenters. The van der Waals surface area contributed by atoms with Gasteiger partial charge >= 0.3 is 0 Å². The van der Waals surface area contributed by atoms with Crippen molar-refractivity contribution in [2.24, 2.45) is 0 Å². The van der Waals surface area contributed by atoms with Crippen LogP contribution < -0.4 is 5.32 Å². The van der Waals surface area contributed by atoms with Gasteiger partial charge in [-0.2, -0.15) is 0 Å². The quantitative estimate of drug-likeness (QED) is 0.440. The first-order chi connectivity index (χ1) is 18.8. The molecule has 39 heavy (non-hydrogen) atoms. The van der Waals surface area contributed by atoms with Crippen molar-refractivity contribution in [3.63, 3.8) is 0 Å². The minimum atomic E-state index is -1.14. The monoisotopic (exact) mass is 540 g/mol.